The van der Waals surface area contributed by atoms with Gasteiger partial charge in [0.15, 0.2) is 0 Å². The highest BCUT2D eigenvalue weighted by Gasteiger charge is 2.42. The van der Waals surface area contributed by atoms with Crippen LogP contribution in [0.25, 0.3) is 54.9 Å². The molecule has 0 atom stereocenters. The summed E-state index contributed by atoms with van der Waals surface area (Å²) in [5.74, 6) is 0. The van der Waals surface area contributed by atoms with E-state index in [9.17, 15) is 0 Å². The summed E-state index contributed by atoms with van der Waals surface area (Å²) in [6.45, 7) is 9.58. The Morgan fingerprint density at radius 1 is 0.359 bits per heavy atom. The number of para-hydroxylation sites is 1. The molecule has 0 unspecified atom stereocenters. The summed E-state index contributed by atoms with van der Waals surface area (Å²) in [5.41, 5.74) is 19.2. The molecule has 12 rings (SSSR count). The number of fused-ring (bicyclic) bond motifs is 7. The largest absolute Gasteiger partial charge is 0.310 e. The lowest BCUT2D eigenvalue weighted by Gasteiger charge is -2.45. The molecule has 0 bridgehead atoms. The molecule has 306 valence electrons. The highest BCUT2D eigenvalue weighted by Crippen LogP contribution is 2.59. The average molecular weight is 821 g/mol. The summed E-state index contributed by atoms with van der Waals surface area (Å²) >= 11 is 0. The Hall–Kier alpha value is -7.68. The molecule has 0 saturated heterocycles. The fourth-order valence-electron chi connectivity index (χ4n) is 11.0. The van der Waals surface area contributed by atoms with Crippen molar-refractivity contribution in [1.82, 2.24) is 0 Å². The van der Waals surface area contributed by atoms with Gasteiger partial charge >= 0.3 is 0 Å². The summed E-state index contributed by atoms with van der Waals surface area (Å²) in [6, 6.07) is 81.1. The van der Waals surface area contributed by atoms with Gasteiger partial charge in [-0.1, -0.05) is 198 Å². The minimum Gasteiger partial charge on any atom is -0.310 e. The predicted molar refractivity (Wildman–Crippen MR) is 271 cm³/mol. The lowest BCUT2D eigenvalue weighted by atomic mass is 9.72. The number of hydrogen-bond donors (Lipinski definition) is 0. The van der Waals surface area contributed by atoms with E-state index in [1.54, 1.807) is 0 Å². The number of anilines is 6. The second-order valence-corrected chi connectivity index (χ2v) is 18.5. The minimum atomic E-state index is -0.374. The summed E-state index contributed by atoms with van der Waals surface area (Å²) < 4.78 is 0. The maximum Gasteiger partial charge on any atom is 0.0618 e. The van der Waals surface area contributed by atoms with Crippen LogP contribution in [0.1, 0.15) is 49.9 Å². The first-order chi connectivity index (χ1) is 31.3. The third-order valence-corrected chi connectivity index (χ3v) is 14.2. The van der Waals surface area contributed by atoms with Gasteiger partial charge < -0.3 is 9.80 Å². The van der Waals surface area contributed by atoms with Crippen LogP contribution in [0.2, 0.25) is 0 Å². The number of rotatable bonds is 6. The summed E-state index contributed by atoms with van der Waals surface area (Å²) in [7, 11) is 0. The van der Waals surface area contributed by atoms with E-state index < -0.39 is 0 Å². The molecule has 64 heavy (non-hydrogen) atoms. The molecule has 2 heteroatoms. The topological polar surface area (TPSA) is 6.48 Å². The number of hydrogen-bond acceptors (Lipinski definition) is 2. The van der Waals surface area contributed by atoms with Crippen LogP contribution in [0.4, 0.5) is 34.1 Å². The van der Waals surface area contributed by atoms with Gasteiger partial charge in [-0.25, -0.2) is 0 Å². The fraction of sp³-hybridized carbons (Fsp3) is 0.0968. The van der Waals surface area contributed by atoms with E-state index in [2.05, 4.69) is 256 Å². The zero-order chi connectivity index (χ0) is 43.2. The SMILES string of the molecule is CC1(C)c2ccccc2-c2ccc(N(c3ccc(-c4ccccc4)cc3)c3cccc4c3C(C)(C)c3ccccc3N4c3c(-c4ccc5ccccc5c4)ccc4ccccc34)cc21. The zero-order valence-electron chi connectivity index (χ0n) is 36.7. The van der Waals surface area contributed by atoms with Crippen LogP contribution in [-0.2, 0) is 10.8 Å². The Labute approximate surface area is 376 Å². The molecule has 1 aliphatic carbocycles. The van der Waals surface area contributed by atoms with Gasteiger partial charge in [0.2, 0.25) is 0 Å². The van der Waals surface area contributed by atoms with Crippen LogP contribution in [-0.4, -0.2) is 0 Å². The molecule has 2 nitrogen and oxygen atoms in total. The lowest BCUT2D eigenvalue weighted by Crippen LogP contribution is -2.32. The lowest BCUT2D eigenvalue weighted by molar-refractivity contribution is 0.632. The van der Waals surface area contributed by atoms with E-state index in [0.29, 0.717) is 0 Å². The smallest absolute Gasteiger partial charge is 0.0618 e. The predicted octanol–water partition coefficient (Wildman–Crippen LogP) is 17.2. The molecule has 0 saturated carbocycles. The van der Waals surface area contributed by atoms with Crippen molar-refractivity contribution in [3.05, 3.63) is 241 Å². The van der Waals surface area contributed by atoms with Crippen molar-refractivity contribution in [3.8, 4) is 33.4 Å². The van der Waals surface area contributed by atoms with Crippen molar-refractivity contribution in [2.75, 3.05) is 9.80 Å². The normalized spacial score (nSPS) is 14.2. The van der Waals surface area contributed by atoms with Crippen molar-refractivity contribution in [3.63, 3.8) is 0 Å². The van der Waals surface area contributed by atoms with Gasteiger partial charge in [-0.3, -0.25) is 0 Å². The summed E-state index contributed by atoms with van der Waals surface area (Å²) in [6.07, 6.45) is 0. The van der Waals surface area contributed by atoms with Crippen LogP contribution in [0.15, 0.2) is 218 Å². The Morgan fingerprint density at radius 3 is 1.78 bits per heavy atom. The van der Waals surface area contributed by atoms with Crippen LogP contribution in [0.5, 0.6) is 0 Å². The van der Waals surface area contributed by atoms with Crippen LogP contribution < -0.4 is 9.80 Å². The zero-order valence-corrected chi connectivity index (χ0v) is 36.7. The van der Waals surface area contributed by atoms with Gasteiger partial charge in [0, 0.05) is 38.7 Å². The highest BCUT2D eigenvalue weighted by atomic mass is 15.2. The summed E-state index contributed by atoms with van der Waals surface area (Å²) in [5, 5.41) is 4.90. The van der Waals surface area contributed by atoms with Gasteiger partial charge in [-0.2, -0.15) is 0 Å². The molecule has 0 amide bonds. The van der Waals surface area contributed by atoms with E-state index >= 15 is 0 Å². The third-order valence-electron chi connectivity index (χ3n) is 14.2. The molecule has 10 aromatic rings. The number of nitrogens with zero attached hydrogens (tertiary/aromatic N) is 2. The second kappa shape index (κ2) is 14.4. The highest BCUT2D eigenvalue weighted by molar-refractivity contribution is 6.09. The fourth-order valence-corrected chi connectivity index (χ4v) is 11.0. The molecule has 0 radical (unpaired) electrons. The van der Waals surface area contributed by atoms with Gasteiger partial charge in [-0.05, 0) is 109 Å². The first kappa shape index (κ1) is 38.0. The molecular formula is C62H48N2. The van der Waals surface area contributed by atoms with Gasteiger partial charge in [0.1, 0.15) is 0 Å². The van der Waals surface area contributed by atoms with Crippen molar-refractivity contribution < 1.29 is 0 Å². The van der Waals surface area contributed by atoms with E-state index in [4.69, 9.17) is 0 Å². The van der Waals surface area contributed by atoms with Gasteiger partial charge in [0.25, 0.3) is 0 Å². The Balaban J connectivity index is 1.13. The maximum atomic E-state index is 2.57. The molecule has 10 aromatic carbocycles. The van der Waals surface area contributed by atoms with E-state index in [1.165, 1.54) is 94.2 Å². The third kappa shape index (κ3) is 5.79. The molecule has 0 fully saturated rings. The van der Waals surface area contributed by atoms with E-state index in [0.717, 1.165) is 17.1 Å². The summed E-state index contributed by atoms with van der Waals surface area (Å²) in [4.78, 5) is 5.10. The first-order valence-corrected chi connectivity index (χ1v) is 22.5. The molecular weight excluding hydrogens is 773 g/mol. The number of benzene rings is 10. The quantitative estimate of drug-likeness (QED) is 0.165. The standard InChI is InChI=1S/C62H48N2/c1-61(2)53-24-13-12-23-51(53)52-38-36-48(40-55(52)61)63(47-34-31-43(32-35-47)41-17-6-5-7-18-41)57-27-16-28-58-59(57)62(3,4)54-25-14-15-26-56(54)64(58)60-49-22-11-10-20-44(49)33-37-50(60)46-30-29-42-19-8-9-21-45(42)39-46/h5-40H,1-4H3. The molecule has 2 aliphatic rings. The van der Waals surface area contributed by atoms with Crippen molar-refractivity contribution in [1.29, 1.82) is 0 Å². The molecule has 1 aliphatic heterocycles. The van der Waals surface area contributed by atoms with E-state index in [1.807, 2.05) is 0 Å². The van der Waals surface area contributed by atoms with Crippen LogP contribution in [0.3, 0.4) is 0 Å². The van der Waals surface area contributed by atoms with Crippen molar-refractivity contribution in [2.45, 2.75) is 38.5 Å². The van der Waals surface area contributed by atoms with Crippen LogP contribution >= 0.6 is 0 Å². The minimum absolute atomic E-state index is 0.149. The molecule has 1 heterocycles. The van der Waals surface area contributed by atoms with Crippen molar-refractivity contribution >= 4 is 55.7 Å². The van der Waals surface area contributed by atoms with Crippen molar-refractivity contribution in [2.24, 2.45) is 0 Å². The Morgan fingerprint density at radius 2 is 0.953 bits per heavy atom. The van der Waals surface area contributed by atoms with Gasteiger partial charge in [-0.15, -0.1) is 0 Å². The van der Waals surface area contributed by atoms with E-state index in [-0.39, 0.29) is 10.8 Å². The maximum absolute atomic E-state index is 2.57. The molecule has 0 spiro atoms. The molecule has 0 aromatic heterocycles. The van der Waals surface area contributed by atoms with Gasteiger partial charge in [0.05, 0.1) is 22.7 Å². The second-order valence-electron chi connectivity index (χ2n) is 18.5. The Kier molecular flexibility index (Phi) is 8.58. The molecule has 0 N–H and O–H groups in total. The van der Waals surface area contributed by atoms with Crippen LogP contribution in [0, 0.1) is 0 Å². The Bertz CT molecular complexity index is 3450. The monoisotopic (exact) mass is 820 g/mol. The first-order valence-electron chi connectivity index (χ1n) is 22.5. The average Bonchev–Trinajstić information content (AvgIpc) is 3.57.